The van der Waals surface area contributed by atoms with Crippen LogP contribution in [0.5, 0.6) is 11.5 Å². The van der Waals surface area contributed by atoms with Crippen LogP contribution in [0.15, 0.2) is 146 Å². The minimum Gasteiger partial charge on any atom is -0.753 e. The number of halogens is 3. The Kier molecular flexibility index (Phi) is 21.7. The quantitative estimate of drug-likeness (QED) is 0.0153. The van der Waals surface area contributed by atoms with Gasteiger partial charge < -0.3 is 25.1 Å². The Labute approximate surface area is 483 Å². The molecule has 0 amide bonds. The number of nitrogens with zero attached hydrogens (tertiary/aromatic N) is 7. The van der Waals surface area contributed by atoms with Gasteiger partial charge in [-0.15, -0.1) is 11.3 Å². The topological polar surface area (TPSA) is 153 Å². The van der Waals surface area contributed by atoms with Crippen LogP contribution in [0.1, 0.15) is 92.5 Å². The summed E-state index contributed by atoms with van der Waals surface area (Å²) in [6.45, 7) is 5.10. The molecule has 0 unspecified atom stereocenters. The predicted octanol–water partition coefficient (Wildman–Crippen LogP) is 15.9. The van der Waals surface area contributed by atoms with E-state index in [1.807, 2.05) is 30.3 Å². The summed E-state index contributed by atoms with van der Waals surface area (Å²) in [6.07, 6.45) is 12.1. The first-order valence-corrected chi connectivity index (χ1v) is 26.9. The summed E-state index contributed by atoms with van der Waals surface area (Å²) in [6, 6.07) is 40.3. The minimum atomic E-state index is -4.51. The van der Waals surface area contributed by atoms with Crippen LogP contribution in [-0.4, -0.2) is 43.1 Å². The Morgan fingerprint density at radius 3 is 1.75 bits per heavy atom. The van der Waals surface area contributed by atoms with Crippen molar-refractivity contribution in [1.82, 2.24) is 30.1 Å². The Hall–Kier alpha value is -8.12. The first-order chi connectivity index (χ1) is 38.5. The van der Waals surface area contributed by atoms with Crippen molar-refractivity contribution in [1.29, 1.82) is 0 Å². The summed E-state index contributed by atoms with van der Waals surface area (Å²) < 4.78 is 48.8. The molecule has 80 heavy (non-hydrogen) atoms. The molecule has 0 fully saturated rings. The average Bonchev–Trinajstić information content (AvgIpc) is 4.15. The number of hydrogen-bond acceptors (Lipinski definition) is 11. The van der Waals surface area contributed by atoms with Crippen molar-refractivity contribution in [3.63, 3.8) is 0 Å². The molecule has 6 aromatic heterocycles. The number of fused-ring (bicyclic) bond motifs is 6. The van der Waals surface area contributed by atoms with E-state index in [9.17, 15) is 22.8 Å². The van der Waals surface area contributed by atoms with Gasteiger partial charge in [0.15, 0.2) is 0 Å². The van der Waals surface area contributed by atoms with E-state index in [2.05, 4.69) is 130 Å². The third-order valence-corrected chi connectivity index (χ3v) is 14.1. The normalized spacial score (nSPS) is 10.8. The zero-order valence-electron chi connectivity index (χ0n) is 43.6. The molecular weight excluding hydrogens is 1140 g/mol. The smallest absolute Gasteiger partial charge is 0.753 e. The van der Waals surface area contributed by atoms with Crippen molar-refractivity contribution in [3.05, 3.63) is 179 Å². The molecule has 4 aromatic carbocycles. The summed E-state index contributed by atoms with van der Waals surface area (Å²) >= 11 is 5.50. The van der Waals surface area contributed by atoms with E-state index >= 15 is 0 Å². The average molecular weight is 1190 g/mol. The van der Waals surface area contributed by atoms with Crippen LogP contribution in [0.4, 0.5) is 13.2 Å². The Balaban J connectivity index is 0.000000228. The second-order valence-electron chi connectivity index (χ2n) is 18.2. The monoisotopic (exact) mass is 1190 g/mol. The second kappa shape index (κ2) is 29.2. The molecule has 11 nitrogen and oxygen atoms in total. The maximum Gasteiger partial charge on any atom is 2.00 e. The summed E-state index contributed by atoms with van der Waals surface area (Å²) in [5, 5.41) is 22.7. The summed E-state index contributed by atoms with van der Waals surface area (Å²) in [7, 11) is 0. The first kappa shape index (κ1) is 59.5. The first-order valence-electron chi connectivity index (χ1n) is 25.7. The second-order valence-corrected chi connectivity index (χ2v) is 19.6. The number of benzene rings is 4. The SMILES string of the molecule is CCCCCCc1cc(CCCCCC)c(-c2ccnc(-c3cc(C(F)(F)F)n[n-]3)c2)s1.O=COc1ccnc(-c2cc(OC=O)cc(-c3cc(C#Cc4ccc5c6ccccc6c6ccccc6c5c4)ccn3)n2)c1.[N-]=C=S.[Ru+2]. The fraction of sp³-hybridized carbons (Fsp3) is 0.206. The van der Waals surface area contributed by atoms with E-state index in [0.717, 1.165) is 47.4 Å². The number of ether oxygens (including phenoxy) is 2. The molecule has 17 heteroatoms. The van der Waals surface area contributed by atoms with E-state index in [1.165, 1.54) is 98.6 Å². The van der Waals surface area contributed by atoms with Crippen molar-refractivity contribution in [3.8, 4) is 67.9 Å². The van der Waals surface area contributed by atoms with Gasteiger partial charge in [0.25, 0.3) is 12.9 Å². The number of unbranched alkanes of at least 4 members (excludes halogenated alkanes) is 6. The van der Waals surface area contributed by atoms with Gasteiger partial charge in [-0.2, -0.15) is 18.3 Å². The molecule has 0 spiro atoms. The van der Waals surface area contributed by atoms with Crippen LogP contribution in [0.3, 0.4) is 0 Å². The number of pyridine rings is 4. The molecular formula is C63H52F3N7O4RuS2. The molecule has 404 valence electrons. The van der Waals surface area contributed by atoms with Gasteiger partial charge in [-0.1, -0.05) is 137 Å². The van der Waals surface area contributed by atoms with Gasteiger partial charge in [0, 0.05) is 57.7 Å². The summed E-state index contributed by atoms with van der Waals surface area (Å²) in [4.78, 5) is 42.3. The van der Waals surface area contributed by atoms with Gasteiger partial charge in [-0.3, -0.25) is 24.5 Å². The summed E-state index contributed by atoms with van der Waals surface area (Å²) in [5.74, 6) is 7.14. The Morgan fingerprint density at radius 2 is 1.14 bits per heavy atom. The minimum absolute atomic E-state index is 0. The third kappa shape index (κ3) is 15.4. The molecule has 6 heterocycles. The van der Waals surface area contributed by atoms with E-state index < -0.39 is 11.9 Å². The van der Waals surface area contributed by atoms with Gasteiger partial charge in [-0.05, 0) is 124 Å². The largest absolute Gasteiger partial charge is 2.00 e. The summed E-state index contributed by atoms with van der Waals surface area (Å²) in [5.41, 5.74) is 5.35. The zero-order valence-corrected chi connectivity index (χ0v) is 47.0. The fourth-order valence-corrected chi connectivity index (χ4v) is 10.4. The standard InChI is InChI=1S/C37H21N3O4.C25H31F3N3S.CNS.Ru/c41-22-43-26-14-16-39-35(19-26)37-21-27(44-23-42)20-36(40-37)34-18-25(13-15-38-34)10-9-24-11-12-32-30-7-2-1-5-28(30)29-6-3-4-8-31(29)33(32)17-24;1-3-5-7-9-11-18-15-20(12-10-8-6-4-2)32-24(18)19-13-14-29-21(16-19)22-17-23(31-30-22)25(26,27)28;2-1-3;/h1-8,11-23H;13-17H,3-12H2,1-2H3;;/q;2*-1;+2. The van der Waals surface area contributed by atoms with Crippen LogP contribution in [0, 0.1) is 11.8 Å². The number of thiocarbonyl (C=S) groups is 1. The number of carbonyl (C=O) groups is 2. The maximum absolute atomic E-state index is 12.9. The Morgan fingerprint density at radius 1 is 0.600 bits per heavy atom. The van der Waals surface area contributed by atoms with E-state index in [4.69, 9.17) is 19.9 Å². The number of rotatable bonds is 18. The number of aryl methyl sites for hydroxylation is 2. The van der Waals surface area contributed by atoms with Gasteiger partial charge >= 0.3 is 25.7 Å². The molecule has 0 N–H and O–H groups in total. The molecule has 0 aliphatic rings. The molecule has 0 aliphatic heterocycles. The molecule has 10 aromatic rings. The van der Waals surface area contributed by atoms with Crippen molar-refractivity contribution in [2.75, 3.05) is 0 Å². The van der Waals surface area contributed by atoms with Gasteiger partial charge in [0.1, 0.15) is 17.2 Å². The number of aromatic nitrogens is 6. The molecule has 10 rings (SSSR count). The van der Waals surface area contributed by atoms with Gasteiger partial charge in [0.2, 0.25) is 0 Å². The number of alkyl halides is 3. The molecule has 0 radical (unpaired) electrons. The van der Waals surface area contributed by atoms with Crippen molar-refractivity contribution < 1.29 is 51.7 Å². The van der Waals surface area contributed by atoms with E-state index in [1.54, 1.807) is 48.0 Å². The third-order valence-electron chi connectivity index (χ3n) is 12.8. The van der Waals surface area contributed by atoms with Crippen LogP contribution in [0.2, 0.25) is 0 Å². The van der Waals surface area contributed by atoms with Crippen LogP contribution in [-0.2, 0) is 48.1 Å². The van der Waals surface area contributed by atoms with Crippen molar-refractivity contribution >= 4 is 74.0 Å². The maximum atomic E-state index is 12.9. The number of hydrogen-bond donors (Lipinski definition) is 0. The van der Waals surface area contributed by atoms with Crippen molar-refractivity contribution in [2.45, 2.75) is 84.2 Å². The van der Waals surface area contributed by atoms with E-state index in [0.29, 0.717) is 47.2 Å². The molecule has 0 aliphatic carbocycles. The number of carbonyl (C=O) groups excluding carboxylic acids is 2. The zero-order chi connectivity index (χ0) is 55.6. The molecule has 0 bridgehead atoms. The van der Waals surface area contributed by atoms with Gasteiger partial charge in [-0.25, -0.2) is 4.98 Å². The Bertz CT molecular complexity index is 3810. The number of thiophene rings is 1. The number of isothiocyanates is 1. The predicted molar refractivity (Wildman–Crippen MR) is 310 cm³/mol. The molecule has 0 atom stereocenters. The van der Waals surface area contributed by atoms with Crippen LogP contribution in [0.25, 0.3) is 82.3 Å². The van der Waals surface area contributed by atoms with Crippen LogP contribution >= 0.6 is 23.6 Å². The van der Waals surface area contributed by atoms with Gasteiger partial charge in [0.05, 0.1) is 28.5 Å². The van der Waals surface area contributed by atoms with E-state index in [-0.39, 0.29) is 30.9 Å². The molecule has 0 saturated heterocycles. The fourth-order valence-electron chi connectivity index (χ4n) is 9.13. The van der Waals surface area contributed by atoms with Crippen LogP contribution < -0.4 is 14.6 Å². The molecule has 0 saturated carbocycles. The van der Waals surface area contributed by atoms with Crippen molar-refractivity contribution in [2.24, 2.45) is 0 Å².